The van der Waals surface area contributed by atoms with Gasteiger partial charge in [-0.05, 0) is 24.1 Å². The fourth-order valence-electron chi connectivity index (χ4n) is 2.62. The van der Waals surface area contributed by atoms with E-state index in [0.717, 1.165) is 5.56 Å². The van der Waals surface area contributed by atoms with E-state index in [1.807, 2.05) is 18.2 Å². The number of fused-ring (bicyclic) bond motifs is 1. The monoisotopic (exact) mass is 283 g/mol. The smallest absolute Gasteiger partial charge is 0.228 e. The molecule has 0 radical (unpaired) electrons. The highest BCUT2D eigenvalue weighted by molar-refractivity contribution is 6.03. The zero-order valence-corrected chi connectivity index (χ0v) is 11.3. The predicted octanol–water partition coefficient (Wildman–Crippen LogP) is 3.21. The van der Waals surface area contributed by atoms with Crippen LogP contribution in [0.1, 0.15) is 22.3 Å². The second-order valence-corrected chi connectivity index (χ2v) is 5.15. The Hall–Kier alpha value is -2.49. The fraction of sp³-hybridized carbons (Fsp3) is 0.176. The summed E-state index contributed by atoms with van der Waals surface area (Å²) < 4.78 is 13.6. The van der Waals surface area contributed by atoms with Gasteiger partial charge in [0.15, 0.2) is 5.78 Å². The summed E-state index contributed by atoms with van der Waals surface area (Å²) >= 11 is 0. The Labute approximate surface area is 121 Å². The molecule has 2 aromatic rings. The lowest BCUT2D eigenvalue weighted by molar-refractivity contribution is -0.119. The van der Waals surface area contributed by atoms with Gasteiger partial charge in [0.05, 0.1) is 5.69 Å². The summed E-state index contributed by atoms with van der Waals surface area (Å²) in [5.74, 6) is -1.28. The highest BCUT2D eigenvalue weighted by Gasteiger charge is 2.29. The van der Waals surface area contributed by atoms with Crippen LogP contribution in [0.5, 0.6) is 0 Å². The van der Waals surface area contributed by atoms with Crippen LogP contribution in [0.2, 0.25) is 0 Å². The van der Waals surface area contributed by atoms with E-state index in [9.17, 15) is 14.0 Å². The van der Waals surface area contributed by atoms with Crippen molar-refractivity contribution in [2.75, 3.05) is 5.32 Å². The van der Waals surface area contributed by atoms with Gasteiger partial charge in [-0.15, -0.1) is 0 Å². The molecule has 0 aliphatic heterocycles. The minimum absolute atomic E-state index is 0.0365. The number of anilines is 1. The maximum Gasteiger partial charge on any atom is 0.228 e. The van der Waals surface area contributed by atoms with Crippen molar-refractivity contribution in [3.8, 4) is 0 Å². The number of carbonyl (C=O) groups excluding carboxylic acids is 2. The summed E-state index contributed by atoms with van der Waals surface area (Å²) in [6.45, 7) is 0. The average molecular weight is 283 g/mol. The van der Waals surface area contributed by atoms with Crippen molar-refractivity contribution < 1.29 is 14.0 Å². The number of ketones is 1. The summed E-state index contributed by atoms with van der Waals surface area (Å²) in [6.07, 6.45) is 0.666. The minimum Gasteiger partial charge on any atom is -0.323 e. The third kappa shape index (κ3) is 2.70. The molecular formula is C17H14FNO2. The molecule has 3 nitrogen and oxygen atoms in total. The number of halogens is 1. The van der Waals surface area contributed by atoms with Crippen LogP contribution in [-0.4, -0.2) is 11.7 Å². The molecule has 0 heterocycles. The summed E-state index contributed by atoms with van der Waals surface area (Å²) in [6, 6.07) is 13.3. The summed E-state index contributed by atoms with van der Waals surface area (Å²) in [7, 11) is 0. The van der Waals surface area contributed by atoms with Gasteiger partial charge in [0.1, 0.15) is 5.82 Å². The van der Waals surface area contributed by atoms with Gasteiger partial charge in [0.2, 0.25) is 5.91 Å². The van der Waals surface area contributed by atoms with Crippen molar-refractivity contribution >= 4 is 17.4 Å². The summed E-state index contributed by atoms with van der Waals surface area (Å²) in [5.41, 5.74) is 1.71. The molecule has 21 heavy (non-hydrogen) atoms. The van der Waals surface area contributed by atoms with Crippen LogP contribution in [0.25, 0.3) is 0 Å². The van der Waals surface area contributed by atoms with Crippen molar-refractivity contribution in [1.29, 1.82) is 0 Å². The number of hydrogen-bond acceptors (Lipinski definition) is 2. The lowest BCUT2D eigenvalue weighted by Crippen LogP contribution is -2.31. The molecule has 0 saturated heterocycles. The van der Waals surface area contributed by atoms with Crippen LogP contribution >= 0.6 is 0 Å². The molecule has 4 heteroatoms. The average Bonchev–Trinajstić information content (AvgIpc) is 2.49. The van der Waals surface area contributed by atoms with Crippen molar-refractivity contribution in [2.24, 2.45) is 5.92 Å². The molecule has 3 rings (SSSR count). The SMILES string of the molecule is O=C1CC(C(=O)Nc2ccccc2F)Cc2ccccc21. The normalized spacial score (nSPS) is 17.2. The first-order chi connectivity index (χ1) is 10.1. The second-order valence-electron chi connectivity index (χ2n) is 5.15. The number of hydrogen-bond donors (Lipinski definition) is 1. The van der Waals surface area contributed by atoms with Gasteiger partial charge in [0.25, 0.3) is 0 Å². The van der Waals surface area contributed by atoms with Gasteiger partial charge in [-0.2, -0.15) is 0 Å². The predicted molar refractivity (Wildman–Crippen MR) is 77.6 cm³/mol. The molecule has 106 valence electrons. The zero-order chi connectivity index (χ0) is 14.8. The van der Waals surface area contributed by atoms with E-state index in [2.05, 4.69) is 5.32 Å². The second kappa shape index (κ2) is 5.48. The molecule has 1 amide bonds. The van der Waals surface area contributed by atoms with Crippen LogP contribution in [-0.2, 0) is 11.2 Å². The van der Waals surface area contributed by atoms with Gasteiger partial charge < -0.3 is 5.32 Å². The topological polar surface area (TPSA) is 46.2 Å². The molecule has 1 aliphatic rings. The van der Waals surface area contributed by atoms with Crippen molar-refractivity contribution in [3.63, 3.8) is 0 Å². The largest absolute Gasteiger partial charge is 0.323 e. The number of nitrogens with one attached hydrogen (secondary N) is 1. The van der Waals surface area contributed by atoms with E-state index in [0.29, 0.717) is 12.0 Å². The Kier molecular flexibility index (Phi) is 3.52. The van der Waals surface area contributed by atoms with E-state index < -0.39 is 11.7 Å². The molecule has 1 atom stereocenters. The number of carbonyl (C=O) groups is 2. The summed E-state index contributed by atoms with van der Waals surface area (Å²) in [5, 5.41) is 2.57. The first-order valence-electron chi connectivity index (χ1n) is 6.81. The Morgan fingerprint density at radius 2 is 1.76 bits per heavy atom. The Morgan fingerprint density at radius 3 is 2.57 bits per heavy atom. The molecule has 1 N–H and O–H groups in total. The lowest BCUT2D eigenvalue weighted by atomic mass is 9.82. The number of benzene rings is 2. The molecule has 0 spiro atoms. The molecule has 1 aliphatic carbocycles. The Balaban J connectivity index is 1.78. The zero-order valence-electron chi connectivity index (χ0n) is 11.3. The van der Waals surface area contributed by atoms with Gasteiger partial charge in [-0.25, -0.2) is 4.39 Å². The Morgan fingerprint density at radius 1 is 1.05 bits per heavy atom. The van der Waals surface area contributed by atoms with E-state index in [1.54, 1.807) is 18.2 Å². The van der Waals surface area contributed by atoms with Crippen molar-refractivity contribution in [2.45, 2.75) is 12.8 Å². The molecule has 0 aromatic heterocycles. The third-order valence-electron chi connectivity index (χ3n) is 3.72. The van der Waals surface area contributed by atoms with E-state index in [1.165, 1.54) is 12.1 Å². The molecule has 0 bridgehead atoms. The number of Topliss-reactive ketones (excluding diaryl/α,β-unsaturated/α-hetero) is 1. The lowest BCUT2D eigenvalue weighted by Gasteiger charge is -2.22. The molecule has 1 unspecified atom stereocenters. The van der Waals surface area contributed by atoms with Crippen LogP contribution in [0.4, 0.5) is 10.1 Å². The maximum atomic E-state index is 13.6. The van der Waals surface area contributed by atoms with Crippen LogP contribution < -0.4 is 5.32 Å². The highest BCUT2D eigenvalue weighted by atomic mass is 19.1. The first-order valence-corrected chi connectivity index (χ1v) is 6.81. The number of para-hydroxylation sites is 1. The molecular weight excluding hydrogens is 269 g/mol. The Bertz CT molecular complexity index is 711. The highest BCUT2D eigenvalue weighted by Crippen LogP contribution is 2.26. The van der Waals surface area contributed by atoms with E-state index >= 15 is 0 Å². The van der Waals surface area contributed by atoms with Crippen LogP contribution in [0.15, 0.2) is 48.5 Å². The number of rotatable bonds is 2. The van der Waals surface area contributed by atoms with Crippen molar-refractivity contribution in [3.05, 3.63) is 65.5 Å². The van der Waals surface area contributed by atoms with Gasteiger partial charge in [0, 0.05) is 17.9 Å². The van der Waals surface area contributed by atoms with Gasteiger partial charge in [-0.1, -0.05) is 36.4 Å². The molecule has 0 saturated carbocycles. The van der Waals surface area contributed by atoms with Gasteiger partial charge in [-0.3, -0.25) is 9.59 Å². The van der Waals surface area contributed by atoms with E-state index in [-0.39, 0.29) is 23.8 Å². The van der Waals surface area contributed by atoms with Crippen molar-refractivity contribution in [1.82, 2.24) is 0 Å². The quantitative estimate of drug-likeness (QED) is 0.920. The number of amides is 1. The van der Waals surface area contributed by atoms with Gasteiger partial charge >= 0.3 is 0 Å². The van der Waals surface area contributed by atoms with Crippen LogP contribution in [0.3, 0.4) is 0 Å². The molecule has 2 aromatic carbocycles. The summed E-state index contributed by atoms with van der Waals surface area (Å²) in [4.78, 5) is 24.3. The maximum absolute atomic E-state index is 13.6. The molecule has 0 fully saturated rings. The first kappa shape index (κ1) is 13.5. The fourth-order valence-corrected chi connectivity index (χ4v) is 2.62. The van der Waals surface area contributed by atoms with Crippen LogP contribution in [0, 0.1) is 11.7 Å². The third-order valence-corrected chi connectivity index (χ3v) is 3.72. The van der Waals surface area contributed by atoms with E-state index in [4.69, 9.17) is 0 Å². The standard InChI is InChI=1S/C17H14FNO2/c18-14-7-3-4-8-15(14)19-17(21)12-9-11-5-1-2-6-13(11)16(20)10-12/h1-8,12H,9-10H2,(H,19,21). The minimum atomic E-state index is -0.478.